The van der Waals surface area contributed by atoms with Crippen LogP contribution >= 0.6 is 0 Å². The fourth-order valence-corrected chi connectivity index (χ4v) is 1.73. The lowest BCUT2D eigenvalue weighted by Crippen LogP contribution is -2.43. The molecule has 94 valence electrons. The quantitative estimate of drug-likeness (QED) is 0.536. The minimum absolute atomic E-state index is 0.0956. The molecular formula is C12H9N5O2. The molecular weight excluding hydrogens is 246 g/mol. The molecule has 0 atom stereocenters. The van der Waals surface area contributed by atoms with Gasteiger partial charge in [0, 0.05) is 17.1 Å². The molecule has 0 saturated heterocycles. The van der Waals surface area contributed by atoms with E-state index >= 15 is 0 Å². The van der Waals surface area contributed by atoms with Crippen molar-refractivity contribution in [2.45, 2.75) is 0 Å². The summed E-state index contributed by atoms with van der Waals surface area (Å²) in [4.78, 5) is 4.33. The second-order valence-corrected chi connectivity index (χ2v) is 3.85. The summed E-state index contributed by atoms with van der Waals surface area (Å²) in [6.45, 7) is 0. The maximum Gasteiger partial charge on any atom is 0.465 e. The van der Waals surface area contributed by atoms with E-state index in [0.717, 1.165) is 0 Å². The first-order valence-electron chi connectivity index (χ1n) is 5.55. The van der Waals surface area contributed by atoms with Gasteiger partial charge in [-0.2, -0.15) is 0 Å². The number of para-hydroxylation sites is 2. The zero-order chi connectivity index (χ0) is 13.2. The summed E-state index contributed by atoms with van der Waals surface area (Å²) in [6, 6.07) is 9.89. The number of hydrogen-bond acceptors (Lipinski definition) is 5. The third kappa shape index (κ3) is 1.97. The topological polar surface area (TPSA) is 91.7 Å². The summed E-state index contributed by atoms with van der Waals surface area (Å²) in [6.07, 6.45) is 3.14. The molecule has 0 unspecified atom stereocenters. The molecule has 3 rings (SSSR count). The van der Waals surface area contributed by atoms with Gasteiger partial charge in [-0.1, -0.05) is 12.1 Å². The Hall–Kier alpha value is -2.96. The van der Waals surface area contributed by atoms with Crippen molar-refractivity contribution in [3.63, 3.8) is 0 Å². The first-order valence-corrected chi connectivity index (χ1v) is 5.55. The van der Waals surface area contributed by atoms with Crippen molar-refractivity contribution in [3.8, 4) is 0 Å². The zero-order valence-electron chi connectivity index (χ0n) is 9.72. The van der Waals surface area contributed by atoms with Crippen LogP contribution in [0.4, 0.5) is 11.6 Å². The molecule has 0 aliphatic heterocycles. The molecule has 7 nitrogen and oxygen atoms in total. The Kier molecular flexibility index (Phi) is 2.57. The van der Waals surface area contributed by atoms with Crippen LogP contribution < -0.4 is 14.9 Å². The minimum Gasteiger partial charge on any atom is -0.739 e. The fraction of sp³-hybridized carbons (Fsp3) is 0. The number of benzene rings is 1. The van der Waals surface area contributed by atoms with Crippen LogP contribution in [0, 0.1) is 10.4 Å². The second-order valence-electron chi connectivity index (χ2n) is 3.85. The average molecular weight is 255 g/mol. The molecule has 1 aromatic carbocycles. The van der Waals surface area contributed by atoms with Gasteiger partial charge < -0.3 is 10.4 Å². The summed E-state index contributed by atoms with van der Waals surface area (Å²) < 4.78 is 0.580. The number of nitrogens with zero attached hydrogens (tertiary/aromatic N) is 4. The predicted molar refractivity (Wildman–Crippen MR) is 67.2 cm³/mol. The Labute approximate surface area is 107 Å². The van der Waals surface area contributed by atoms with Gasteiger partial charge in [0.25, 0.3) is 5.52 Å². The van der Waals surface area contributed by atoms with Crippen molar-refractivity contribution in [2.75, 3.05) is 5.32 Å². The van der Waals surface area contributed by atoms with Gasteiger partial charge in [-0.15, -0.1) is 0 Å². The van der Waals surface area contributed by atoms with E-state index in [9.17, 15) is 10.4 Å². The molecule has 0 saturated carbocycles. The van der Waals surface area contributed by atoms with E-state index in [1.54, 1.807) is 36.5 Å². The molecule has 0 radical (unpaired) electrons. The lowest BCUT2D eigenvalue weighted by Gasteiger charge is -2.09. The molecule has 1 N–H and O–H groups in total. The van der Waals surface area contributed by atoms with Gasteiger partial charge in [-0.05, 0) is 18.2 Å². The molecule has 2 heterocycles. The molecule has 19 heavy (non-hydrogen) atoms. The highest BCUT2D eigenvalue weighted by atomic mass is 16.5. The first-order chi connectivity index (χ1) is 9.25. The Morgan fingerprint density at radius 1 is 1.00 bits per heavy atom. The van der Waals surface area contributed by atoms with Crippen molar-refractivity contribution < 1.29 is 9.58 Å². The van der Waals surface area contributed by atoms with Gasteiger partial charge in [0.15, 0.2) is 5.52 Å². The maximum absolute atomic E-state index is 12.1. The second kappa shape index (κ2) is 4.37. The third-order valence-electron chi connectivity index (χ3n) is 2.60. The van der Waals surface area contributed by atoms with Crippen LogP contribution in [0.3, 0.4) is 0 Å². The third-order valence-corrected chi connectivity index (χ3v) is 2.60. The van der Waals surface area contributed by atoms with Gasteiger partial charge in [0.05, 0.1) is 6.20 Å². The van der Waals surface area contributed by atoms with E-state index in [2.05, 4.69) is 15.4 Å². The molecule has 0 amide bonds. The van der Waals surface area contributed by atoms with Gasteiger partial charge in [-0.3, -0.25) is 4.98 Å². The van der Waals surface area contributed by atoms with Crippen molar-refractivity contribution in [3.05, 3.63) is 59.2 Å². The Bertz CT molecular complexity index is 733. The number of anilines is 2. The SMILES string of the molecule is [O-][n+]1nc(Nc2cccnc2)[n+]([O-])c2ccccc21. The van der Waals surface area contributed by atoms with Crippen LogP contribution in [0.15, 0.2) is 48.8 Å². The van der Waals surface area contributed by atoms with E-state index in [1.807, 2.05) is 0 Å². The molecule has 0 aliphatic carbocycles. The van der Waals surface area contributed by atoms with Gasteiger partial charge in [-0.25, -0.2) is 10.0 Å². The molecule has 0 aliphatic rings. The summed E-state index contributed by atoms with van der Waals surface area (Å²) in [5.41, 5.74) is 1.04. The molecule has 2 aromatic heterocycles. The summed E-state index contributed by atoms with van der Waals surface area (Å²) in [5.74, 6) is -0.0956. The monoisotopic (exact) mass is 255 g/mol. The summed E-state index contributed by atoms with van der Waals surface area (Å²) >= 11 is 0. The highest BCUT2D eigenvalue weighted by Crippen LogP contribution is 2.10. The zero-order valence-corrected chi connectivity index (χ0v) is 9.72. The van der Waals surface area contributed by atoms with Crippen molar-refractivity contribution >= 4 is 22.7 Å². The largest absolute Gasteiger partial charge is 0.739 e. The van der Waals surface area contributed by atoms with Crippen LogP contribution in [-0.4, -0.2) is 10.1 Å². The van der Waals surface area contributed by atoms with Crippen LogP contribution in [0.25, 0.3) is 11.0 Å². The fourth-order valence-electron chi connectivity index (χ4n) is 1.73. The van der Waals surface area contributed by atoms with Crippen molar-refractivity contribution in [2.24, 2.45) is 0 Å². The first kappa shape index (κ1) is 11.1. The average Bonchev–Trinajstić information content (AvgIpc) is 2.46. The highest BCUT2D eigenvalue weighted by Gasteiger charge is 2.19. The van der Waals surface area contributed by atoms with Gasteiger partial charge in [0.2, 0.25) is 5.10 Å². The molecule has 0 bridgehead atoms. The number of rotatable bonds is 2. The number of hydrogen-bond donors (Lipinski definition) is 1. The number of nitrogens with one attached hydrogen (secondary N) is 1. The Balaban J connectivity index is 2.12. The Morgan fingerprint density at radius 3 is 2.53 bits per heavy atom. The summed E-state index contributed by atoms with van der Waals surface area (Å²) in [5, 5.41) is 30.3. The van der Waals surface area contributed by atoms with Crippen LogP contribution in [0.5, 0.6) is 0 Å². The maximum atomic E-state index is 12.1. The van der Waals surface area contributed by atoms with E-state index in [-0.39, 0.29) is 17.0 Å². The van der Waals surface area contributed by atoms with Gasteiger partial charge in [0.1, 0.15) is 5.69 Å². The lowest BCUT2D eigenvalue weighted by molar-refractivity contribution is -0.672. The van der Waals surface area contributed by atoms with E-state index in [4.69, 9.17) is 0 Å². The Morgan fingerprint density at radius 2 is 1.79 bits per heavy atom. The normalized spacial score (nSPS) is 10.5. The lowest BCUT2D eigenvalue weighted by atomic mass is 10.3. The molecule has 7 heteroatoms. The number of fused-ring (bicyclic) bond motifs is 1. The standard InChI is InChI=1S/C12H9N5O2/c18-16-10-5-1-2-6-11(10)17(19)15-12(16)14-9-4-3-7-13-8-9/h1-8H,(H,14,15). The molecule has 0 spiro atoms. The van der Waals surface area contributed by atoms with Crippen molar-refractivity contribution in [1.82, 2.24) is 10.1 Å². The van der Waals surface area contributed by atoms with E-state index in [0.29, 0.717) is 15.3 Å². The van der Waals surface area contributed by atoms with Crippen molar-refractivity contribution in [1.29, 1.82) is 0 Å². The predicted octanol–water partition coefficient (Wildman–Crippen LogP) is 0.640. The summed E-state index contributed by atoms with van der Waals surface area (Å²) in [7, 11) is 0. The smallest absolute Gasteiger partial charge is 0.465 e. The number of pyridine rings is 1. The van der Waals surface area contributed by atoms with E-state index < -0.39 is 0 Å². The molecule has 0 fully saturated rings. The van der Waals surface area contributed by atoms with E-state index in [1.165, 1.54) is 12.3 Å². The highest BCUT2D eigenvalue weighted by molar-refractivity contribution is 5.67. The van der Waals surface area contributed by atoms with Crippen LogP contribution in [-0.2, 0) is 0 Å². The van der Waals surface area contributed by atoms with Crippen LogP contribution in [0.1, 0.15) is 0 Å². The number of aromatic nitrogens is 4. The van der Waals surface area contributed by atoms with Gasteiger partial charge >= 0.3 is 5.95 Å². The molecule has 3 aromatic rings. The minimum atomic E-state index is -0.0956. The van der Waals surface area contributed by atoms with Crippen LogP contribution in [0.2, 0.25) is 0 Å².